The SMILES string of the molecule is C#CCO[C@H]1CC[C@H](O)OC1. The Balaban J connectivity index is 2.13. The smallest absolute Gasteiger partial charge is 0.154 e. The molecule has 3 nitrogen and oxygen atoms in total. The Bertz CT molecular complexity index is 142. The van der Waals surface area contributed by atoms with E-state index in [0.717, 1.165) is 6.42 Å². The van der Waals surface area contributed by atoms with Crippen LogP contribution in [0.25, 0.3) is 0 Å². The summed E-state index contributed by atoms with van der Waals surface area (Å²) < 4.78 is 10.2. The molecular formula is C8H12O3. The first-order valence-electron chi connectivity index (χ1n) is 3.67. The molecular weight excluding hydrogens is 144 g/mol. The number of hydrogen-bond donors (Lipinski definition) is 1. The second kappa shape index (κ2) is 4.35. The van der Waals surface area contributed by atoms with Gasteiger partial charge in [0, 0.05) is 6.42 Å². The fourth-order valence-electron chi connectivity index (χ4n) is 1.01. The maximum atomic E-state index is 8.93. The lowest BCUT2D eigenvalue weighted by Crippen LogP contribution is -2.31. The van der Waals surface area contributed by atoms with Gasteiger partial charge in [-0.15, -0.1) is 6.42 Å². The standard InChI is InChI=1S/C8H12O3/c1-2-5-10-7-3-4-8(9)11-6-7/h1,7-9H,3-6H2/t7-,8+/m0/s1. The van der Waals surface area contributed by atoms with E-state index < -0.39 is 6.29 Å². The molecule has 0 aromatic heterocycles. The molecule has 0 aromatic rings. The van der Waals surface area contributed by atoms with Gasteiger partial charge in [-0.05, 0) is 6.42 Å². The average molecular weight is 156 g/mol. The number of hydrogen-bond acceptors (Lipinski definition) is 3. The Labute approximate surface area is 66.3 Å². The topological polar surface area (TPSA) is 38.7 Å². The lowest BCUT2D eigenvalue weighted by Gasteiger charge is -2.25. The molecule has 1 aliphatic heterocycles. The molecule has 0 bridgehead atoms. The summed E-state index contributed by atoms with van der Waals surface area (Å²) >= 11 is 0. The van der Waals surface area contributed by atoms with Crippen molar-refractivity contribution in [3.63, 3.8) is 0 Å². The highest BCUT2D eigenvalue weighted by Gasteiger charge is 2.19. The van der Waals surface area contributed by atoms with Gasteiger partial charge >= 0.3 is 0 Å². The van der Waals surface area contributed by atoms with Crippen LogP contribution in [-0.2, 0) is 9.47 Å². The molecule has 0 amide bonds. The van der Waals surface area contributed by atoms with E-state index in [0.29, 0.717) is 19.6 Å². The minimum Gasteiger partial charge on any atom is -0.368 e. The van der Waals surface area contributed by atoms with E-state index in [-0.39, 0.29) is 6.10 Å². The Morgan fingerprint density at radius 2 is 2.45 bits per heavy atom. The molecule has 1 heterocycles. The first-order chi connectivity index (χ1) is 5.33. The monoisotopic (exact) mass is 156 g/mol. The van der Waals surface area contributed by atoms with Crippen LogP contribution in [0, 0.1) is 12.3 Å². The van der Waals surface area contributed by atoms with E-state index in [1.165, 1.54) is 0 Å². The van der Waals surface area contributed by atoms with Crippen molar-refractivity contribution < 1.29 is 14.6 Å². The van der Waals surface area contributed by atoms with Gasteiger partial charge in [-0.3, -0.25) is 0 Å². The van der Waals surface area contributed by atoms with Crippen molar-refractivity contribution in [3.8, 4) is 12.3 Å². The largest absolute Gasteiger partial charge is 0.368 e. The molecule has 1 N–H and O–H groups in total. The van der Waals surface area contributed by atoms with Gasteiger partial charge in [-0.25, -0.2) is 0 Å². The van der Waals surface area contributed by atoms with Gasteiger partial charge in [0.05, 0.1) is 12.7 Å². The zero-order chi connectivity index (χ0) is 8.10. The van der Waals surface area contributed by atoms with Crippen LogP contribution in [0.2, 0.25) is 0 Å². The molecule has 0 aliphatic carbocycles. The summed E-state index contributed by atoms with van der Waals surface area (Å²) in [6.07, 6.45) is 5.92. The van der Waals surface area contributed by atoms with Crippen LogP contribution in [0.1, 0.15) is 12.8 Å². The minimum absolute atomic E-state index is 0.0643. The molecule has 1 aliphatic rings. The van der Waals surface area contributed by atoms with Crippen molar-refractivity contribution in [1.29, 1.82) is 0 Å². The third kappa shape index (κ3) is 2.89. The van der Waals surface area contributed by atoms with Crippen molar-refractivity contribution in [2.24, 2.45) is 0 Å². The van der Waals surface area contributed by atoms with Crippen LogP contribution >= 0.6 is 0 Å². The quantitative estimate of drug-likeness (QED) is 0.578. The fourth-order valence-corrected chi connectivity index (χ4v) is 1.01. The van der Waals surface area contributed by atoms with Crippen LogP contribution in [0.5, 0.6) is 0 Å². The van der Waals surface area contributed by atoms with Gasteiger partial charge in [0.25, 0.3) is 0 Å². The predicted molar refractivity (Wildman–Crippen MR) is 39.8 cm³/mol. The van der Waals surface area contributed by atoms with E-state index in [1.54, 1.807) is 0 Å². The minimum atomic E-state index is -0.610. The third-order valence-corrected chi connectivity index (χ3v) is 1.61. The third-order valence-electron chi connectivity index (χ3n) is 1.61. The second-order valence-corrected chi connectivity index (χ2v) is 2.50. The predicted octanol–water partition coefficient (Wildman–Crippen LogP) is 0.134. The number of ether oxygens (including phenoxy) is 2. The summed E-state index contributed by atoms with van der Waals surface area (Å²) in [5.41, 5.74) is 0. The fraction of sp³-hybridized carbons (Fsp3) is 0.750. The van der Waals surface area contributed by atoms with Crippen LogP contribution in [0.3, 0.4) is 0 Å². The van der Waals surface area contributed by atoms with Crippen molar-refractivity contribution in [2.75, 3.05) is 13.2 Å². The van der Waals surface area contributed by atoms with Crippen LogP contribution in [-0.4, -0.2) is 30.7 Å². The van der Waals surface area contributed by atoms with Crippen molar-refractivity contribution in [1.82, 2.24) is 0 Å². The molecule has 1 fully saturated rings. The Morgan fingerprint density at radius 3 is 3.00 bits per heavy atom. The second-order valence-electron chi connectivity index (χ2n) is 2.50. The van der Waals surface area contributed by atoms with Gasteiger partial charge in [0.2, 0.25) is 0 Å². The lowest BCUT2D eigenvalue weighted by atomic mass is 10.1. The number of aliphatic hydroxyl groups is 1. The maximum absolute atomic E-state index is 8.93. The van der Waals surface area contributed by atoms with Gasteiger partial charge in [0.1, 0.15) is 6.61 Å². The Hall–Kier alpha value is -0.560. The number of aliphatic hydroxyl groups excluding tert-OH is 1. The molecule has 0 saturated carbocycles. The molecule has 3 heteroatoms. The summed E-state index contributed by atoms with van der Waals surface area (Å²) in [4.78, 5) is 0. The molecule has 62 valence electrons. The van der Waals surface area contributed by atoms with E-state index >= 15 is 0 Å². The van der Waals surface area contributed by atoms with Gasteiger partial charge in [-0.1, -0.05) is 5.92 Å². The summed E-state index contributed by atoms with van der Waals surface area (Å²) in [5.74, 6) is 2.39. The summed E-state index contributed by atoms with van der Waals surface area (Å²) in [5, 5.41) is 8.93. The van der Waals surface area contributed by atoms with Crippen LogP contribution < -0.4 is 0 Å². The van der Waals surface area contributed by atoms with Gasteiger partial charge in [0.15, 0.2) is 6.29 Å². The highest BCUT2D eigenvalue weighted by atomic mass is 16.6. The van der Waals surface area contributed by atoms with E-state index in [9.17, 15) is 0 Å². The summed E-state index contributed by atoms with van der Waals surface area (Å²) in [7, 11) is 0. The highest BCUT2D eigenvalue weighted by molar-refractivity contribution is 4.83. The lowest BCUT2D eigenvalue weighted by molar-refractivity contribution is -0.164. The first-order valence-corrected chi connectivity index (χ1v) is 3.67. The first kappa shape index (κ1) is 8.54. The normalized spacial score (nSPS) is 31.3. The van der Waals surface area contributed by atoms with Crippen molar-refractivity contribution in [2.45, 2.75) is 25.2 Å². The summed E-state index contributed by atoms with van der Waals surface area (Å²) in [6.45, 7) is 0.771. The van der Waals surface area contributed by atoms with Crippen LogP contribution in [0.4, 0.5) is 0 Å². The Kier molecular flexibility index (Phi) is 3.37. The van der Waals surface area contributed by atoms with Crippen molar-refractivity contribution in [3.05, 3.63) is 0 Å². The van der Waals surface area contributed by atoms with Gasteiger partial charge in [-0.2, -0.15) is 0 Å². The molecule has 11 heavy (non-hydrogen) atoms. The van der Waals surface area contributed by atoms with E-state index in [1.807, 2.05) is 0 Å². The van der Waals surface area contributed by atoms with Crippen LogP contribution in [0.15, 0.2) is 0 Å². The highest BCUT2D eigenvalue weighted by Crippen LogP contribution is 2.13. The van der Waals surface area contributed by atoms with Gasteiger partial charge < -0.3 is 14.6 Å². The molecule has 1 saturated heterocycles. The van der Waals surface area contributed by atoms with E-state index in [4.69, 9.17) is 21.0 Å². The molecule has 0 spiro atoms. The zero-order valence-corrected chi connectivity index (χ0v) is 6.32. The van der Waals surface area contributed by atoms with E-state index in [2.05, 4.69) is 5.92 Å². The molecule has 0 radical (unpaired) electrons. The molecule has 0 unspecified atom stereocenters. The summed E-state index contributed by atoms with van der Waals surface area (Å²) in [6, 6.07) is 0. The van der Waals surface area contributed by atoms with Crippen molar-refractivity contribution >= 4 is 0 Å². The molecule has 1 rings (SSSR count). The zero-order valence-electron chi connectivity index (χ0n) is 6.32. The molecule has 0 aromatic carbocycles. The number of terminal acetylenes is 1. The number of rotatable bonds is 2. The Morgan fingerprint density at radius 1 is 1.64 bits per heavy atom. The average Bonchev–Trinajstić information content (AvgIpc) is 2.04. The molecule has 2 atom stereocenters. The maximum Gasteiger partial charge on any atom is 0.154 e.